The number of esters is 1. The number of anilines is 1. The van der Waals surface area contributed by atoms with E-state index in [1.54, 1.807) is 13.8 Å². The fourth-order valence-corrected chi connectivity index (χ4v) is 1.85. The Kier molecular flexibility index (Phi) is 5.56. The number of non-ortho nitro benzene ring substituents is 1. The van der Waals surface area contributed by atoms with Crippen LogP contribution >= 0.6 is 0 Å². The second-order valence-electron chi connectivity index (χ2n) is 4.78. The summed E-state index contributed by atoms with van der Waals surface area (Å²) in [5.41, 5.74) is 3.15. The molecule has 0 radical (unpaired) electrons. The summed E-state index contributed by atoms with van der Waals surface area (Å²) in [6.45, 7) is 3.56. The predicted octanol–water partition coefficient (Wildman–Crippen LogP) is 2.02. The summed E-state index contributed by atoms with van der Waals surface area (Å²) in [4.78, 5) is 29.8. The molecule has 2 rings (SSSR count). The average Bonchev–Trinajstić information content (AvgIpc) is 2.56. The minimum atomic E-state index is -0.579. The van der Waals surface area contributed by atoms with Crippen LogP contribution in [-0.2, 0) is 4.74 Å². The molecular formula is C15H15N5O5. The number of rotatable bonds is 6. The first-order valence-electron chi connectivity index (χ1n) is 7.19. The molecule has 0 aliphatic heterocycles. The zero-order valence-electron chi connectivity index (χ0n) is 13.5. The number of nitrogens with zero attached hydrogens (tertiary/aromatic N) is 4. The Hall–Kier alpha value is -3.56. The number of benzene rings is 1. The number of ether oxygens (including phenoxy) is 1. The summed E-state index contributed by atoms with van der Waals surface area (Å²) < 4.78 is 4.88. The van der Waals surface area contributed by atoms with Crippen LogP contribution in [0.5, 0.6) is 5.75 Å². The van der Waals surface area contributed by atoms with Crippen LogP contribution in [0.1, 0.15) is 28.5 Å². The van der Waals surface area contributed by atoms with E-state index < -0.39 is 10.9 Å². The van der Waals surface area contributed by atoms with Crippen molar-refractivity contribution in [2.24, 2.45) is 5.10 Å². The standard InChI is InChI=1S/C15H15N5O5/c1-3-25-14(22)12-8-16-15(18-9(12)2)19-17-7-10-6-11(20(23)24)4-5-13(10)21/h4-8,21H,3H2,1-2H3,(H,16,18,19)/b17-7-. The van der Waals surface area contributed by atoms with E-state index in [2.05, 4.69) is 20.5 Å². The molecular weight excluding hydrogens is 330 g/mol. The lowest BCUT2D eigenvalue weighted by Crippen LogP contribution is -2.10. The number of carbonyl (C=O) groups excluding carboxylic acids is 1. The highest BCUT2D eigenvalue weighted by molar-refractivity contribution is 5.90. The highest BCUT2D eigenvalue weighted by Gasteiger charge is 2.12. The Morgan fingerprint density at radius 2 is 2.28 bits per heavy atom. The summed E-state index contributed by atoms with van der Waals surface area (Å²) in [7, 11) is 0. The number of carbonyl (C=O) groups is 1. The smallest absolute Gasteiger partial charge is 0.341 e. The van der Waals surface area contributed by atoms with Crippen molar-refractivity contribution < 1.29 is 19.6 Å². The van der Waals surface area contributed by atoms with Crippen molar-refractivity contribution in [3.05, 3.63) is 51.3 Å². The predicted molar refractivity (Wildman–Crippen MR) is 88.7 cm³/mol. The number of aryl methyl sites for hydroxylation is 1. The van der Waals surface area contributed by atoms with Gasteiger partial charge in [0.25, 0.3) is 5.69 Å². The van der Waals surface area contributed by atoms with E-state index in [9.17, 15) is 20.0 Å². The second kappa shape index (κ2) is 7.81. The number of hydrogen-bond acceptors (Lipinski definition) is 9. The van der Waals surface area contributed by atoms with Gasteiger partial charge < -0.3 is 9.84 Å². The van der Waals surface area contributed by atoms with Crippen LogP contribution in [0.3, 0.4) is 0 Å². The van der Waals surface area contributed by atoms with E-state index in [-0.39, 0.29) is 35.1 Å². The Bertz CT molecular complexity index is 837. The van der Waals surface area contributed by atoms with Crippen molar-refractivity contribution >= 4 is 23.8 Å². The van der Waals surface area contributed by atoms with Gasteiger partial charge in [-0.3, -0.25) is 10.1 Å². The van der Waals surface area contributed by atoms with Gasteiger partial charge >= 0.3 is 5.97 Å². The van der Waals surface area contributed by atoms with Crippen LogP contribution in [0.4, 0.5) is 11.6 Å². The number of nitro groups is 1. The van der Waals surface area contributed by atoms with E-state index in [0.717, 1.165) is 0 Å². The molecule has 130 valence electrons. The third-order valence-corrected chi connectivity index (χ3v) is 3.06. The maximum atomic E-state index is 11.7. The third kappa shape index (κ3) is 4.47. The molecule has 25 heavy (non-hydrogen) atoms. The molecule has 2 N–H and O–H groups in total. The van der Waals surface area contributed by atoms with Gasteiger partial charge in [-0.05, 0) is 19.9 Å². The third-order valence-electron chi connectivity index (χ3n) is 3.06. The first kappa shape index (κ1) is 17.8. The number of aromatic nitrogens is 2. The van der Waals surface area contributed by atoms with E-state index in [1.807, 2.05) is 0 Å². The maximum absolute atomic E-state index is 11.7. The molecule has 0 aliphatic carbocycles. The monoisotopic (exact) mass is 345 g/mol. The number of phenols is 1. The number of phenolic OH excluding ortho intramolecular Hbond substituents is 1. The molecule has 0 unspecified atom stereocenters. The highest BCUT2D eigenvalue weighted by atomic mass is 16.6. The average molecular weight is 345 g/mol. The summed E-state index contributed by atoms with van der Waals surface area (Å²) in [6, 6.07) is 3.56. The van der Waals surface area contributed by atoms with Crippen molar-refractivity contribution in [1.82, 2.24) is 9.97 Å². The summed E-state index contributed by atoms with van der Waals surface area (Å²) >= 11 is 0. The van der Waals surface area contributed by atoms with Crippen LogP contribution in [-0.4, -0.2) is 38.8 Å². The molecule has 2 aromatic rings. The van der Waals surface area contributed by atoms with Gasteiger partial charge in [0.1, 0.15) is 5.75 Å². The quantitative estimate of drug-likeness (QED) is 0.351. The SMILES string of the molecule is CCOC(=O)c1cnc(N/N=C\c2cc([N+](=O)[O-])ccc2O)nc1C. The molecule has 0 spiro atoms. The van der Waals surface area contributed by atoms with Crippen molar-refractivity contribution in [2.75, 3.05) is 12.0 Å². The molecule has 1 aromatic heterocycles. The lowest BCUT2D eigenvalue weighted by atomic mass is 10.2. The van der Waals surface area contributed by atoms with Gasteiger partial charge in [0.15, 0.2) is 0 Å². The van der Waals surface area contributed by atoms with E-state index >= 15 is 0 Å². The molecule has 0 fully saturated rings. The number of hydrogen-bond donors (Lipinski definition) is 2. The summed E-state index contributed by atoms with van der Waals surface area (Å²) in [5, 5.41) is 24.2. The highest BCUT2D eigenvalue weighted by Crippen LogP contribution is 2.21. The molecule has 0 bridgehead atoms. The van der Waals surface area contributed by atoms with Gasteiger partial charge in [-0.15, -0.1) is 0 Å². The zero-order valence-corrected chi connectivity index (χ0v) is 13.5. The van der Waals surface area contributed by atoms with Gasteiger partial charge in [-0.1, -0.05) is 0 Å². The number of hydrazone groups is 1. The first-order valence-corrected chi connectivity index (χ1v) is 7.19. The Labute approximate surface area is 142 Å². The van der Waals surface area contributed by atoms with Crippen LogP contribution < -0.4 is 5.43 Å². The Morgan fingerprint density at radius 1 is 1.52 bits per heavy atom. The van der Waals surface area contributed by atoms with Crippen LogP contribution in [0.2, 0.25) is 0 Å². The normalized spacial score (nSPS) is 10.6. The molecule has 1 heterocycles. The van der Waals surface area contributed by atoms with Crippen LogP contribution in [0.25, 0.3) is 0 Å². The topological polar surface area (TPSA) is 140 Å². The Morgan fingerprint density at radius 3 is 2.92 bits per heavy atom. The second-order valence-corrected chi connectivity index (χ2v) is 4.78. The van der Waals surface area contributed by atoms with Crippen molar-refractivity contribution in [1.29, 1.82) is 0 Å². The molecule has 0 saturated carbocycles. The fourth-order valence-electron chi connectivity index (χ4n) is 1.85. The number of aromatic hydroxyl groups is 1. The molecule has 10 heteroatoms. The molecule has 1 aromatic carbocycles. The van der Waals surface area contributed by atoms with Crippen molar-refractivity contribution in [2.45, 2.75) is 13.8 Å². The molecule has 0 atom stereocenters. The summed E-state index contributed by atoms with van der Waals surface area (Å²) in [6.07, 6.45) is 2.50. The number of nitro benzene ring substituents is 1. The van der Waals surface area contributed by atoms with E-state index in [1.165, 1.54) is 30.6 Å². The van der Waals surface area contributed by atoms with Crippen LogP contribution in [0.15, 0.2) is 29.5 Å². The van der Waals surface area contributed by atoms with Crippen molar-refractivity contribution in [3.63, 3.8) is 0 Å². The molecule has 0 aliphatic rings. The lowest BCUT2D eigenvalue weighted by molar-refractivity contribution is -0.384. The maximum Gasteiger partial charge on any atom is 0.341 e. The van der Waals surface area contributed by atoms with Gasteiger partial charge in [0.2, 0.25) is 5.95 Å². The van der Waals surface area contributed by atoms with Gasteiger partial charge in [-0.25, -0.2) is 20.2 Å². The lowest BCUT2D eigenvalue weighted by Gasteiger charge is -2.05. The Balaban J connectivity index is 2.12. The van der Waals surface area contributed by atoms with E-state index in [4.69, 9.17) is 4.74 Å². The fraction of sp³-hybridized carbons (Fsp3) is 0.200. The molecule has 0 saturated heterocycles. The van der Waals surface area contributed by atoms with Crippen molar-refractivity contribution in [3.8, 4) is 5.75 Å². The zero-order chi connectivity index (χ0) is 18.4. The van der Waals surface area contributed by atoms with Gasteiger partial charge in [-0.2, -0.15) is 5.10 Å². The first-order chi connectivity index (χ1) is 11.9. The van der Waals surface area contributed by atoms with Gasteiger partial charge in [0, 0.05) is 23.9 Å². The largest absolute Gasteiger partial charge is 0.507 e. The minimum absolute atomic E-state index is 0.117. The summed E-state index contributed by atoms with van der Waals surface area (Å²) in [5.74, 6) is -0.561. The number of nitrogens with one attached hydrogen (secondary N) is 1. The van der Waals surface area contributed by atoms with E-state index in [0.29, 0.717) is 5.69 Å². The molecule has 0 amide bonds. The van der Waals surface area contributed by atoms with Gasteiger partial charge in [0.05, 0.1) is 29.0 Å². The van der Waals surface area contributed by atoms with Crippen LogP contribution in [0, 0.1) is 17.0 Å². The molecule has 10 nitrogen and oxygen atoms in total. The minimum Gasteiger partial charge on any atom is -0.507 e.